The van der Waals surface area contributed by atoms with Crippen LogP contribution < -0.4 is 5.32 Å². The molecule has 0 aliphatic heterocycles. The summed E-state index contributed by atoms with van der Waals surface area (Å²) in [4.78, 5) is 13.8. The van der Waals surface area contributed by atoms with Crippen molar-refractivity contribution in [2.45, 2.75) is 23.9 Å². The molecule has 0 unspecified atom stereocenters. The summed E-state index contributed by atoms with van der Waals surface area (Å²) >= 11 is 0. The maximum Gasteiger partial charge on any atom is 0.460 e. The van der Waals surface area contributed by atoms with E-state index >= 15 is 0 Å². The van der Waals surface area contributed by atoms with Crippen molar-refractivity contribution < 1.29 is 44.3 Å². The molecule has 1 heterocycles. The number of hydrogen-bond acceptors (Lipinski definition) is 3. The molecule has 0 bridgehead atoms. The third kappa shape index (κ3) is 2.61. The average Bonchev–Trinajstić information content (AvgIpc) is 2.79. The standard InChI is InChI=1S/C7H3F9N4O/c8-4(9,2(21)19-3-17-1-18-20-3)5(10,11)6(12,13)7(14,15)16/h1H,(H2,17,18,19,20,21). The van der Waals surface area contributed by atoms with Crippen molar-refractivity contribution in [3.05, 3.63) is 6.33 Å². The monoisotopic (exact) mass is 330 g/mol. The number of anilines is 1. The van der Waals surface area contributed by atoms with Crippen LogP contribution >= 0.6 is 0 Å². The predicted octanol–water partition coefficient (Wildman–Crippen LogP) is 2.21. The number of carbonyl (C=O) groups is 1. The van der Waals surface area contributed by atoms with Gasteiger partial charge in [0.1, 0.15) is 6.33 Å². The summed E-state index contributed by atoms with van der Waals surface area (Å²) < 4.78 is 112. The van der Waals surface area contributed by atoms with Crippen LogP contribution in [-0.4, -0.2) is 45.0 Å². The van der Waals surface area contributed by atoms with Crippen molar-refractivity contribution in [1.82, 2.24) is 15.2 Å². The maximum atomic E-state index is 13.0. The zero-order chi connectivity index (χ0) is 16.7. The van der Waals surface area contributed by atoms with E-state index in [2.05, 4.69) is 10.1 Å². The van der Waals surface area contributed by atoms with Crippen molar-refractivity contribution in [3.8, 4) is 0 Å². The second-order valence-electron chi connectivity index (χ2n) is 3.51. The Morgan fingerprint density at radius 2 is 1.52 bits per heavy atom. The highest BCUT2D eigenvalue weighted by atomic mass is 19.4. The van der Waals surface area contributed by atoms with Gasteiger partial charge >= 0.3 is 29.9 Å². The van der Waals surface area contributed by atoms with Crippen LogP contribution in [-0.2, 0) is 4.79 Å². The minimum Gasteiger partial charge on any atom is -0.289 e. The molecule has 0 saturated heterocycles. The van der Waals surface area contributed by atoms with Gasteiger partial charge in [0.2, 0.25) is 5.95 Å². The van der Waals surface area contributed by atoms with Crippen LogP contribution in [0.4, 0.5) is 45.5 Å². The molecule has 21 heavy (non-hydrogen) atoms. The quantitative estimate of drug-likeness (QED) is 0.832. The first-order valence-electron chi connectivity index (χ1n) is 4.62. The number of hydrogen-bond donors (Lipinski definition) is 2. The summed E-state index contributed by atoms with van der Waals surface area (Å²) in [6, 6.07) is 0. The Labute approximate surface area is 108 Å². The van der Waals surface area contributed by atoms with E-state index in [4.69, 9.17) is 0 Å². The molecule has 1 aromatic rings. The van der Waals surface area contributed by atoms with Gasteiger partial charge in [-0.2, -0.15) is 49.6 Å². The Morgan fingerprint density at radius 3 is 1.90 bits per heavy atom. The fourth-order valence-corrected chi connectivity index (χ4v) is 0.970. The molecule has 0 aliphatic rings. The number of halogens is 9. The Morgan fingerprint density at radius 1 is 1.00 bits per heavy atom. The van der Waals surface area contributed by atoms with E-state index in [1.807, 2.05) is 0 Å². The molecule has 0 saturated carbocycles. The summed E-state index contributed by atoms with van der Waals surface area (Å²) in [5.41, 5.74) is 0. The van der Waals surface area contributed by atoms with Crippen LogP contribution in [0.2, 0.25) is 0 Å². The van der Waals surface area contributed by atoms with E-state index in [9.17, 15) is 44.3 Å². The van der Waals surface area contributed by atoms with Crippen LogP contribution in [0.15, 0.2) is 6.33 Å². The lowest BCUT2D eigenvalue weighted by Gasteiger charge is -2.32. The van der Waals surface area contributed by atoms with Gasteiger partial charge in [0.15, 0.2) is 0 Å². The van der Waals surface area contributed by atoms with Crippen molar-refractivity contribution in [2.75, 3.05) is 5.32 Å². The number of nitrogens with one attached hydrogen (secondary N) is 2. The molecule has 120 valence electrons. The van der Waals surface area contributed by atoms with Gasteiger partial charge < -0.3 is 0 Å². The van der Waals surface area contributed by atoms with Crippen LogP contribution in [0.3, 0.4) is 0 Å². The van der Waals surface area contributed by atoms with Crippen molar-refractivity contribution in [3.63, 3.8) is 0 Å². The molecule has 0 atom stereocenters. The van der Waals surface area contributed by atoms with E-state index in [1.165, 1.54) is 0 Å². The summed E-state index contributed by atoms with van der Waals surface area (Å²) in [6.45, 7) is 0. The summed E-state index contributed by atoms with van der Waals surface area (Å²) in [5.74, 6) is -24.6. The number of nitrogens with zero attached hydrogens (tertiary/aromatic N) is 2. The predicted molar refractivity (Wildman–Crippen MR) is 45.9 cm³/mol. The Bertz CT molecular complexity index is 509. The number of aromatic amines is 1. The van der Waals surface area contributed by atoms with Gasteiger partial charge in [0, 0.05) is 0 Å². The molecule has 1 rings (SSSR count). The van der Waals surface area contributed by atoms with Gasteiger partial charge in [-0.05, 0) is 0 Å². The van der Waals surface area contributed by atoms with Gasteiger partial charge in [0.05, 0.1) is 0 Å². The SMILES string of the molecule is O=C(Nc1ncn[nH]1)C(F)(F)C(F)(F)C(F)(F)C(F)(F)F. The number of H-pyrrole nitrogens is 1. The number of amides is 1. The van der Waals surface area contributed by atoms with Crippen molar-refractivity contribution >= 4 is 11.9 Å². The first-order valence-corrected chi connectivity index (χ1v) is 4.62. The van der Waals surface area contributed by atoms with E-state index in [1.54, 1.807) is 5.10 Å². The third-order valence-corrected chi connectivity index (χ3v) is 2.08. The molecule has 5 nitrogen and oxygen atoms in total. The minimum atomic E-state index is -7.14. The Hall–Kier alpha value is -2.02. The Kier molecular flexibility index (Phi) is 3.87. The Balaban J connectivity index is 3.12. The molecule has 0 aromatic carbocycles. The summed E-state index contributed by atoms with van der Waals surface area (Å²) in [5, 5.41) is 5.57. The number of rotatable bonds is 4. The van der Waals surface area contributed by atoms with E-state index < -0.39 is 35.8 Å². The second kappa shape index (κ2) is 4.77. The minimum absolute atomic E-state index is 0.621. The molecule has 2 N–H and O–H groups in total. The molecular weight excluding hydrogens is 327 g/mol. The molecule has 0 aliphatic carbocycles. The van der Waals surface area contributed by atoms with E-state index in [-0.39, 0.29) is 0 Å². The molecule has 14 heteroatoms. The fourth-order valence-electron chi connectivity index (χ4n) is 0.970. The lowest BCUT2D eigenvalue weighted by atomic mass is 10.0. The fraction of sp³-hybridized carbons (Fsp3) is 0.571. The highest BCUT2D eigenvalue weighted by Gasteiger charge is 2.83. The molecular formula is C7H3F9N4O. The van der Waals surface area contributed by atoms with Crippen LogP contribution in [0.5, 0.6) is 0 Å². The van der Waals surface area contributed by atoms with Gasteiger partial charge in [-0.1, -0.05) is 0 Å². The second-order valence-corrected chi connectivity index (χ2v) is 3.51. The number of carbonyl (C=O) groups excluding carboxylic acids is 1. The first kappa shape index (κ1) is 17.0. The van der Waals surface area contributed by atoms with Crippen LogP contribution in [0.1, 0.15) is 0 Å². The zero-order valence-electron chi connectivity index (χ0n) is 9.28. The average molecular weight is 330 g/mol. The number of alkyl halides is 9. The normalized spacial score (nSPS) is 14.1. The van der Waals surface area contributed by atoms with Crippen LogP contribution in [0, 0.1) is 0 Å². The smallest absolute Gasteiger partial charge is 0.289 e. The van der Waals surface area contributed by atoms with E-state index in [0.29, 0.717) is 6.33 Å². The maximum absolute atomic E-state index is 13.0. The van der Waals surface area contributed by atoms with Crippen molar-refractivity contribution in [2.24, 2.45) is 0 Å². The molecule has 0 fully saturated rings. The zero-order valence-corrected chi connectivity index (χ0v) is 9.28. The number of aromatic nitrogens is 3. The summed E-state index contributed by atoms with van der Waals surface area (Å²) in [6.07, 6.45) is -6.37. The van der Waals surface area contributed by atoms with Gasteiger partial charge in [-0.25, -0.2) is 5.10 Å². The lowest BCUT2D eigenvalue weighted by Crippen LogP contribution is -2.64. The largest absolute Gasteiger partial charge is 0.460 e. The molecule has 1 aromatic heterocycles. The lowest BCUT2D eigenvalue weighted by molar-refractivity contribution is -0.388. The molecule has 0 radical (unpaired) electrons. The summed E-state index contributed by atoms with van der Waals surface area (Å²) in [7, 11) is 0. The highest BCUT2D eigenvalue weighted by Crippen LogP contribution is 2.53. The topological polar surface area (TPSA) is 70.7 Å². The molecule has 0 spiro atoms. The van der Waals surface area contributed by atoms with Crippen molar-refractivity contribution in [1.29, 1.82) is 0 Å². The highest BCUT2D eigenvalue weighted by molar-refractivity contribution is 5.95. The van der Waals surface area contributed by atoms with Gasteiger partial charge in [-0.15, -0.1) is 0 Å². The first-order chi connectivity index (χ1) is 9.25. The van der Waals surface area contributed by atoms with Gasteiger partial charge in [-0.3, -0.25) is 10.1 Å². The van der Waals surface area contributed by atoms with Crippen LogP contribution in [0.25, 0.3) is 0 Å². The van der Waals surface area contributed by atoms with E-state index in [0.717, 1.165) is 5.32 Å². The van der Waals surface area contributed by atoms with Gasteiger partial charge in [0.25, 0.3) is 0 Å². The third-order valence-electron chi connectivity index (χ3n) is 2.08. The molecule has 1 amide bonds.